The van der Waals surface area contributed by atoms with Crippen LogP contribution in [0.25, 0.3) is 0 Å². The van der Waals surface area contributed by atoms with Crippen molar-refractivity contribution in [2.45, 2.75) is 0 Å². The minimum Gasteiger partial charge on any atom is -0.491 e. The Balaban J connectivity index is 3.34. The minimum absolute atomic E-state index is 0.0137. The number of methoxy groups -OCH3 is 3. The average Bonchev–Trinajstić information content (AvgIpc) is 2.26. The Hall–Kier alpha value is -1.98. The molecular formula is C9H11NO5. The molecule has 0 aliphatic carbocycles. The van der Waals surface area contributed by atoms with Crippen LogP contribution in [0.1, 0.15) is 10.4 Å². The maximum absolute atomic E-state index is 10.8. The van der Waals surface area contributed by atoms with Gasteiger partial charge >= 0.3 is 5.97 Å². The van der Waals surface area contributed by atoms with Crippen LogP contribution >= 0.6 is 0 Å². The zero-order valence-corrected chi connectivity index (χ0v) is 8.60. The summed E-state index contributed by atoms with van der Waals surface area (Å²) in [6.07, 6.45) is 0. The van der Waals surface area contributed by atoms with Gasteiger partial charge in [0.1, 0.15) is 5.56 Å². The molecule has 15 heavy (non-hydrogen) atoms. The SMILES string of the molecule is COc1cc(C(=O)O)c(OC)nc1OC. The van der Waals surface area contributed by atoms with Crippen molar-refractivity contribution in [2.75, 3.05) is 21.3 Å². The zero-order valence-electron chi connectivity index (χ0n) is 8.60. The van der Waals surface area contributed by atoms with Crippen LogP contribution in [-0.2, 0) is 0 Å². The van der Waals surface area contributed by atoms with Crippen LogP contribution in [0.15, 0.2) is 6.07 Å². The van der Waals surface area contributed by atoms with Crippen LogP contribution in [0, 0.1) is 0 Å². The van der Waals surface area contributed by atoms with Gasteiger partial charge in [0.15, 0.2) is 5.75 Å². The molecule has 1 aromatic heterocycles. The van der Waals surface area contributed by atoms with Gasteiger partial charge in [-0.25, -0.2) is 4.79 Å². The number of carboxylic acids is 1. The van der Waals surface area contributed by atoms with Gasteiger partial charge in [0.05, 0.1) is 21.3 Å². The highest BCUT2D eigenvalue weighted by molar-refractivity contribution is 5.90. The third kappa shape index (κ3) is 2.09. The molecule has 1 rings (SSSR count). The predicted octanol–water partition coefficient (Wildman–Crippen LogP) is 0.806. The van der Waals surface area contributed by atoms with E-state index >= 15 is 0 Å². The molecule has 0 saturated carbocycles. The Morgan fingerprint density at radius 2 is 1.80 bits per heavy atom. The Labute approximate surface area is 86.4 Å². The number of pyridine rings is 1. The minimum atomic E-state index is -1.14. The van der Waals surface area contributed by atoms with Gasteiger partial charge in [-0.15, -0.1) is 0 Å². The molecule has 0 spiro atoms. The summed E-state index contributed by atoms with van der Waals surface area (Å²) in [5.41, 5.74) is -0.0739. The largest absolute Gasteiger partial charge is 0.491 e. The highest BCUT2D eigenvalue weighted by Gasteiger charge is 2.18. The van der Waals surface area contributed by atoms with Gasteiger partial charge in [-0.2, -0.15) is 4.98 Å². The average molecular weight is 213 g/mol. The van der Waals surface area contributed by atoms with Crippen LogP contribution in [0.5, 0.6) is 17.5 Å². The molecule has 0 unspecified atom stereocenters. The van der Waals surface area contributed by atoms with Crippen molar-refractivity contribution in [3.63, 3.8) is 0 Å². The quantitative estimate of drug-likeness (QED) is 0.797. The lowest BCUT2D eigenvalue weighted by Crippen LogP contribution is -2.05. The van der Waals surface area contributed by atoms with E-state index in [1.807, 2.05) is 0 Å². The van der Waals surface area contributed by atoms with Gasteiger partial charge in [0.2, 0.25) is 5.88 Å². The molecule has 6 heteroatoms. The fourth-order valence-electron chi connectivity index (χ4n) is 1.06. The molecular weight excluding hydrogens is 202 g/mol. The first-order valence-electron chi connectivity index (χ1n) is 4.04. The second kappa shape index (κ2) is 4.50. The maximum Gasteiger partial charge on any atom is 0.341 e. The first-order chi connectivity index (χ1) is 7.13. The second-order valence-corrected chi connectivity index (χ2v) is 2.56. The monoisotopic (exact) mass is 213 g/mol. The van der Waals surface area contributed by atoms with Crippen molar-refractivity contribution in [1.82, 2.24) is 4.98 Å². The normalized spacial score (nSPS) is 9.53. The lowest BCUT2D eigenvalue weighted by atomic mass is 10.2. The van der Waals surface area contributed by atoms with Crippen molar-refractivity contribution < 1.29 is 24.1 Å². The molecule has 1 N–H and O–H groups in total. The molecule has 0 aliphatic rings. The van der Waals surface area contributed by atoms with Gasteiger partial charge in [-0.1, -0.05) is 0 Å². The summed E-state index contributed by atoms with van der Waals surface area (Å²) in [7, 11) is 4.14. The summed E-state index contributed by atoms with van der Waals surface area (Å²) in [6.45, 7) is 0. The lowest BCUT2D eigenvalue weighted by molar-refractivity contribution is 0.0691. The zero-order chi connectivity index (χ0) is 11.4. The van der Waals surface area contributed by atoms with E-state index in [0.717, 1.165) is 0 Å². The Bertz CT molecular complexity index is 377. The van der Waals surface area contributed by atoms with Crippen molar-refractivity contribution >= 4 is 5.97 Å². The summed E-state index contributed by atoms with van der Waals surface area (Å²) in [5.74, 6) is -0.726. The molecule has 0 radical (unpaired) electrons. The Morgan fingerprint density at radius 1 is 1.20 bits per heavy atom. The van der Waals surface area contributed by atoms with Crippen LogP contribution in [0.3, 0.4) is 0 Å². The highest BCUT2D eigenvalue weighted by atomic mass is 16.5. The molecule has 1 heterocycles. The van der Waals surface area contributed by atoms with Gasteiger partial charge in [-0.05, 0) is 0 Å². The molecule has 0 atom stereocenters. The summed E-state index contributed by atoms with van der Waals surface area (Å²) in [5, 5.41) is 8.86. The van der Waals surface area contributed by atoms with E-state index in [1.165, 1.54) is 27.4 Å². The number of carboxylic acid groups (broad SMARTS) is 1. The van der Waals surface area contributed by atoms with Gasteiger partial charge in [-0.3, -0.25) is 0 Å². The fourth-order valence-corrected chi connectivity index (χ4v) is 1.06. The van der Waals surface area contributed by atoms with Crippen LogP contribution in [-0.4, -0.2) is 37.4 Å². The first kappa shape index (κ1) is 11.1. The number of nitrogens with zero attached hydrogens (tertiary/aromatic N) is 1. The van der Waals surface area contributed by atoms with E-state index in [0.29, 0.717) is 0 Å². The van der Waals surface area contributed by atoms with Crippen LogP contribution in [0.4, 0.5) is 0 Å². The van der Waals surface area contributed by atoms with Crippen molar-refractivity contribution in [3.05, 3.63) is 11.6 Å². The number of rotatable bonds is 4. The van der Waals surface area contributed by atoms with Gasteiger partial charge < -0.3 is 19.3 Å². The summed E-state index contributed by atoms with van der Waals surface area (Å²) in [6, 6.07) is 1.30. The van der Waals surface area contributed by atoms with Crippen molar-refractivity contribution in [3.8, 4) is 17.5 Å². The highest BCUT2D eigenvalue weighted by Crippen LogP contribution is 2.30. The Morgan fingerprint density at radius 3 is 2.20 bits per heavy atom. The van der Waals surface area contributed by atoms with E-state index in [4.69, 9.17) is 19.3 Å². The number of hydrogen-bond donors (Lipinski definition) is 1. The molecule has 82 valence electrons. The third-order valence-corrected chi connectivity index (χ3v) is 1.76. The number of ether oxygens (including phenoxy) is 3. The molecule has 1 aromatic rings. The van der Waals surface area contributed by atoms with E-state index in [1.54, 1.807) is 0 Å². The van der Waals surface area contributed by atoms with Crippen molar-refractivity contribution in [2.24, 2.45) is 0 Å². The Kier molecular flexibility index (Phi) is 3.33. The van der Waals surface area contributed by atoms with Gasteiger partial charge in [0.25, 0.3) is 5.88 Å². The number of aromatic nitrogens is 1. The smallest absolute Gasteiger partial charge is 0.341 e. The second-order valence-electron chi connectivity index (χ2n) is 2.56. The maximum atomic E-state index is 10.8. The summed E-state index contributed by atoms with van der Waals surface area (Å²) >= 11 is 0. The molecule has 0 aliphatic heterocycles. The number of hydrogen-bond acceptors (Lipinski definition) is 5. The van der Waals surface area contributed by atoms with E-state index in [2.05, 4.69) is 4.98 Å². The van der Waals surface area contributed by atoms with Crippen LogP contribution in [0.2, 0.25) is 0 Å². The lowest BCUT2D eigenvalue weighted by Gasteiger charge is -2.09. The molecule has 0 aromatic carbocycles. The van der Waals surface area contributed by atoms with E-state index in [-0.39, 0.29) is 23.1 Å². The summed E-state index contributed by atoms with van der Waals surface area (Å²) < 4.78 is 14.6. The van der Waals surface area contributed by atoms with Crippen LogP contribution < -0.4 is 14.2 Å². The molecule has 0 bridgehead atoms. The molecule has 6 nitrogen and oxygen atoms in total. The van der Waals surface area contributed by atoms with Gasteiger partial charge in [0, 0.05) is 6.07 Å². The predicted molar refractivity (Wildman–Crippen MR) is 50.9 cm³/mol. The number of aromatic carboxylic acids is 1. The first-order valence-corrected chi connectivity index (χ1v) is 4.04. The third-order valence-electron chi connectivity index (χ3n) is 1.76. The molecule has 0 amide bonds. The fraction of sp³-hybridized carbons (Fsp3) is 0.333. The number of carbonyl (C=O) groups is 1. The standard InChI is InChI=1S/C9H11NO5/c1-13-6-4-5(9(11)12)7(14-2)10-8(6)15-3/h4H,1-3H3,(H,11,12). The molecule has 0 fully saturated rings. The van der Waals surface area contributed by atoms with E-state index in [9.17, 15) is 4.79 Å². The van der Waals surface area contributed by atoms with E-state index < -0.39 is 5.97 Å². The molecule has 0 saturated heterocycles. The topological polar surface area (TPSA) is 77.9 Å². The summed E-state index contributed by atoms with van der Waals surface area (Å²) in [4.78, 5) is 14.7. The van der Waals surface area contributed by atoms with Crippen molar-refractivity contribution in [1.29, 1.82) is 0 Å².